The SMILES string of the molecule is CC(c1ccc(Cl)cc1)N1CCc2sc3ncn(CCN4CCN(c5cccc6ccccc56)CC4)c(=O)c3c2C1. The smallest absolute Gasteiger partial charge is 0.262 e. The zero-order valence-corrected chi connectivity index (χ0v) is 24.9. The molecule has 2 aromatic heterocycles. The molecular weight excluding hydrogens is 550 g/mol. The second kappa shape index (κ2) is 11.2. The monoisotopic (exact) mass is 583 g/mol. The summed E-state index contributed by atoms with van der Waals surface area (Å²) in [5.41, 5.74) is 3.83. The van der Waals surface area contributed by atoms with E-state index in [-0.39, 0.29) is 11.6 Å². The van der Waals surface area contributed by atoms with Crippen LogP contribution in [-0.2, 0) is 19.5 Å². The highest BCUT2D eigenvalue weighted by molar-refractivity contribution is 7.18. The van der Waals surface area contributed by atoms with Gasteiger partial charge in [0.15, 0.2) is 0 Å². The number of nitrogens with zero attached hydrogens (tertiary/aromatic N) is 5. The maximum absolute atomic E-state index is 13.7. The van der Waals surface area contributed by atoms with Crippen LogP contribution < -0.4 is 10.5 Å². The molecule has 1 atom stereocenters. The van der Waals surface area contributed by atoms with Crippen molar-refractivity contribution in [2.45, 2.75) is 32.5 Å². The molecule has 0 saturated carbocycles. The standard InChI is InChI=1S/C33H34ClN5OS/c1-23(24-9-11-26(34)12-10-24)38-14-13-30-28(21-38)31-32(41-30)35-22-39(33(31)40)20-17-36-15-18-37(19-16-36)29-8-4-6-25-5-2-3-7-27(25)29/h2-12,22-23H,13-21H2,1H3. The Morgan fingerprint density at radius 2 is 1.71 bits per heavy atom. The first-order valence-electron chi connectivity index (χ1n) is 14.5. The van der Waals surface area contributed by atoms with Crippen LogP contribution in [0.15, 0.2) is 77.9 Å². The van der Waals surface area contributed by atoms with Crippen molar-refractivity contribution < 1.29 is 0 Å². The van der Waals surface area contributed by atoms with E-state index < -0.39 is 0 Å². The van der Waals surface area contributed by atoms with Gasteiger partial charge in [0.05, 0.1) is 11.7 Å². The number of halogens is 1. The lowest BCUT2D eigenvalue weighted by Crippen LogP contribution is -2.47. The summed E-state index contributed by atoms with van der Waals surface area (Å²) in [4.78, 5) is 28.1. The van der Waals surface area contributed by atoms with Crippen molar-refractivity contribution >= 4 is 49.6 Å². The molecule has 4 heterocycles. The maximum Gasteiger partial charge on any atom is 0.262 e. The Morgan fingerprint density at radius 1 is 0.927 bits per heavy atom. The number of thiophene rings is 1. The van der Waals surface area contributed by atoms with Gasteiger partial charge in [0.2, 0.25) is 0 Å². The number of piperazine rings is 1. The fourth-order valence-electron chi connectivity index (χ4n) is 6.41. The molecule has 2 aliphatic heterocycles. The van der Waals surface area contributed by atoms with Crippen LogP contribution in [0.1, 0.15) is 29.0 Å². The number of anilines is 1. The highest BCUT2D eigenvalue weighted by Gasteiger charge is 2.27. The normalized spacial score (nSPS) is 17.3. The Hall–Kier alpha value is -3.23. The fraction of sp³-hybridized carbons (Fsp3) is 0.333. The van der Waals surface area contributed by atoms with Crippen molar-refractivity contribution in [3.8, 4) is 0 Å². The zero-order valence-electron chi connectivity index (χ0n) is 23.3. The fourth-order valence-corrected chi connectivity index (χ4v) is 7.67. The average molecular weight is 584 g/mol. The molecule has 1 saturated heterocycles. The molecule has 7 rings (SSSR count). The van der Waals surface area contributed by atoms with E-state index in [4.69, 9.17) is 16.6 Å². The lowest BCUT2D eigenvalue weighted by Gasteiger charge is -2.36. The molecule has 6 nitrogen and oxygen atoms in total. The minimum absolute atomic E-state index is 0.0999. The Balaban J connectivity index is 1.04. The summed E-state index contributed by atoms with van der Waals surface area (Å²) in [7, 11) is 0. The topological polar surface area (TPSA) is 44.6 Å². The van der Waals surface area contributed by atoms with Crippen molar-refractivity contribution in [2.24, 2.45) is 0 Å². The quantitative estimate of drug-likeness (QED) is 0.238. The molecule has 41 heavy (non-hydrogen) atoms. The Morgan fingerprint density at radius 3 is 2.54 bits per heavy atom. The van der Waals surface area contributed by atoms with Crippen LogP contribution in [0.4, 0.5) is 5.69 Å². The molecule has 0 spiro atoms. The molecule has 0 bridgehead atoms. The lowest BCUT2D eigenvalue weighted by atomic mass is 10.0. The first-order chi connectivity index (χ1) is 20.0. The molecule has 5 aromatic rings. The third kappa shape index (κ3) is 5.17. The van der Waals surface area contributed by atoms with E-state index in [1.54, 1.807) is 17.7 Å². The van der Waals surface area contributed by atoms with E-state index in [1.807, 2.05) is 16.7 Å². The van der Waals surface area contributed by atoms with Crippen molar-refractivity contribution in [2.75, 3.05) is 44.2 Å². The van der Waals surface area contributed by atoms with Crippen LogP contribution in [0.25, 0.3) is 21.0 Å². The highest BCUT2D eigenvalue weighted by Crippen LogP contribution is 2.35. The largest absolute Gasteiger partial charge is 0.368 e. The van der Waals surface area contributed by atoms with Crippen LogP contribution in [0.3, 0.4) is 0 Å². The number of fused-ring (bicyclic) bond motifs is 4. The summed E-state index contributed by atoms with van der Waals surface area (Å²) < 4.78 is 1.83. The van der Waals surface area contributed by atoms with Crippen LogP contribution in [0, 0.1) is 0 Å². The van der Waals surface area contributed by atoms with E-state index in [1.165, 1.54) is 32.5 Å². The lowest BCUT2D eigenvalue weighted by molar-refractivity contribution is 0.194. The van der Waals surface area contributed by atoms with Crippen LogP contribution in [0.2, 0.25) is 5.02 Å². The van der Waals surface area contributed by atoms with E-state index in [9.17, 15) is 4.79 Å². The number of aromatic nitrogens is 2. The molecule has 2 aliphatic rings. The van der Waals surface area contributed by atoms with Gasteiger partial charge in [0.1, 0.15) is 4.83 Å². The van der Waals surface area contributed by atoms with Crippen molar-refractivity contribution in [3.05, 3.63) is 104 Å². The van der Waals surface area contributed by atoms with Gasteiger partial charge in [-0.05, 0) is 48.1 Å². The third-order valence-corrected chi connectivity index (χ3v) is 10.3. The predicted octanol–water partition coefficient (Wildman–Crippen LogP) is 6.21. The van der Waals surface area contributed by atoms with Gasteiger partial charge in [-0.1, -0.05) is 60.1 Å². The molecule has 3 aromatic carbocycles. The predicted molar refractivity (Wildman–Crippen MR) is 170 cm³/mol. The molecule has 0 amide bonds. The zero-order chi connectivity index (χ0) is 27.9. The summed E-state index contributed by atoms with van der Waals surface area (Å²) in [5, 5.41) is 4.17. The molecule has 1 unspecified atom stereocenters. The van der Waals surface area contributed by atoms with Gasteiger partial charge in [-0.25, -0.2) is 4.98 Å². The maximum atomic E-state index is 13.7. The first kappa shape index (κ1) is 26.7. The minimum Gasteiger partial charge on any atom is -0.368 e. The molecule has 8 heteroatoms. The number of benzene rings is 3. The van der Waals surface area contributed by atoms with E-state index in [2.05, 4.69) is 76.2 Å². The Bertz CT molecular complexity index is 1750. The Labute approximate surface area is 249 Å². The second-order valence-electron chi connectivity index (χ2n) is 11.2. The van der Waals surface area contributed by atoms with Crippen molar-refractivity contribution in [1.29, 1.82) is 0 Å². The molecule has 0 radical (unpaired) electrons. The molecular formula is C33H34ClN5OS. The first-order valence-corrected chi connectivity index (χ1v) is 15.7. The molecule has 0 N–H and O–H groups in total. The van der Waals surface area contributed by atoms with Gasteiger partial charge in [-0.3, -0.25) is 19.2 Å². The molecule has 1 fully saturated rings. The third-order valence-electron chi connectivity index (χ3n) is 8.89. The number of hydrogen-bond donors (Lipinski definition) is 0. The number of rotatable bonds is 6. The van der Waals surface area contributed by atoms with Gasteiger partial charge < -0.3 is 4.90 Å². The van der Waals surface area contributed by atoms with Crippen molar-refractivity contribution in [1.82, 2.24) is 19.4 Å². The Kier molecular flexibility index (Phi) is 7.29. The van der Waals surface area contributed by atoms with Gasteiger partial charge in [0.25, 0.3) is 5.56 Å². The van der Waals surface area contributed by atoms with Gasteiger partial charge in [-0.2, -0.15) is 0 Å². The highest BCUT2D eigenvalue weighted by atomic mass is 35.5. The molecule has 0 aliphatic carbocycles. The summed E-state index contributed by atoms with van der Waals surface area (Å²) in [6.45, 7) is 9.43. The summed E-state index contributed by atoms with van der Waals surface area (Å²) >= 11 is 7.81. The van der Waals surface area contributed by atoms with Crippen LogP contribution in [-0.4, -0.2) is 58.6 Å². The average Bonchev–Trinajstić information content (AvgIpc) is 3.39. The summed E-state index contributed by atoms with van der Waals surface area (Å²) in [6, 6.07) is 23.5. The van der Waals surface area contributed by atoms with Crippen LogP contribution >= 0.6 is 22.9 Å². The molecule has 210 valence electrons. The van der Waals surface area contributed by atoms with E-state index in [0.29, 0.717) is 6.54 Å². The van der Waals surface area contributed by atoms with Gasteiger partial charge in [0, 0.05) is 79.4 Å². The summed E-state index contributed by atoms with van der Waals surface area (Å²) in [5.74, 6) is 0. The number of hydrogen-bond acceptors (Lipinski definition) is 6. The van der Waals surface area contributed by atoms with Crippen molar-refractivity contribution in [3.63, 3.8) is 0 Å². The van der Waals surface area contributed by atoms with Gasteiger partial charge in [-0.15, -0.1) is 11.3 Å². The summed E-state index contributed by atoms with van der Waals surface area (Å²) in [6.07, 6.45) is 2.71. The van der Waals surface area contributed by atoms with E-state index in [0.717, 1.165) is 67.5 Å². The van der Waals surface area contributed by atoms with Gasteiger partial charge >= 0.3 is 0 Å². The van der Waals surface area contributed by atoms with E-state index >= 15 is 0 Å². The van der Waals surface area contributed by atoms with Crippen LogP contribution in [0.5, 0.6) is 0 Å². The minimum atomic E-state index is 0.0999. The second-order valence-corrected chi connectivity index (χ2v) is 12.7.